The predicted molar refractivity (Wildman–Crippen MR) is 68.3 cm³/mol. The zero-order chi connectivity index (χ0) is 12.1. The second kappa shape index (κ2) is 6.58. The van der Waals surface area contributed by atoms with Crippen LogP contribution in [0.25, 0.3) is 0 Å². The van der Waals surface area contributed by atoms with Crippen molar-refractivity contribution in [1.82, 2.24) is 4.90 Å². The van der Waals surface area contributed by atoms with Gasteiger partial charge < -0.3 is 10.8 Å². The van der Waals surface area contributed by atoms with Gasteiger partial charge in [-0.25, -0.2) is 0 Å². The van der Waals surface area contributed by atoms with Crippen LogP contribution in [0.3, 0.4) is 0 Å². The summed E-state index contributed by atoms with van der Waals surface area (Å²) in [5.41, 5.74) is 6.18. The van der Waals surface area contributed by atoms with Gasteiger partial charge in [-0.15, -0.1) is 0 Å². The molecule has 1 fully saturated rings. The number of aliphatic hydroxyl groups excluding tert-OH is 1. The van der Waals surface area contributed by atoms with Gasteiger partial charge in [0, 0.05) is 18.1 Å². The standard InChI is InChI=1S/C13H28N2O/c1-10(2)13(14)12(9-16)15(3)11-7-5-4-6-8-11/h10-13,16H,4-9,14H2,1-3H3. The van der Waals surface area contributed by atoms with Crippen LogP contribution in [0.2, 0.25) is 0 Å². The van der Waals surface area contributed by atoms with Gasteiger partial charge in [0.1, 0.15) is 0 Å². The fraction of sp³-hybridized carbons (Fsp3) is 1.00. The highest BCUT2D eigenvalue weighted by Crippen LogP contribution is 2.24. The van der Waals surface area contributed by atoms with Crippen molar-refractivity contribution in [3.05, 3.63) is 0 Å². The van der Waals surface area contributed by atoms with Crippen molar-refractivity contribution in [3.8, 4) is 0 Å². The molecule has 0 aliphatic heterocycles. The maximum atomic E-state index is 9.52. The van der Waals surface area contributed by atoms with Gasteiger partial charge in [-0.05, 0) is 25.8 Å². The van der Waals surface area contributed by atoms with Crippen LogP contribution in [0.5, 0.6) is 0 Å². The molecule has 0 bridgehead atoms. The lowest BCUT2D eigenvalue weighted by Gasteiger charge is -2.40. The Balaban J connectivity index is 2.56. The van der Waals surface area contributed by atoms with Gasteiger partial charge in [-0.2, -0.15) is 0 Å². The molecule has 0 aromatic rings. The number of nitrogens with two attached hydrogens (primary N) is 1. The smallest absolute Gasteiger partial charge is 0.0602 e. The number of nitrogens with zero attached hydrogens (tertiary/aromatic N) is 1. The third-order valence-corrected chi connectivity index (χ3v) is 4.07. The molecule has 3 nitrogen and oxygen atoms in total. The molecule has 0 saturated heterocycles. The normalized spacial score (nSPS) is 22.7. The molecular weight excluding hydrogens is 200 g/mol. The lowest BCUT2D eigenvalue weighted by molar-refractivity contribution is 0.0643. The summed E-state index contributed by atoms with van der Waals surface area (Å²) in [6, 6.07) is 0.802. The number of hydrogen-bond donors (Lipinski definition) is 2. The van der Waals surface area contributed by atoms with Gasteiger partial charge in [-0.1, -0.05) is 33.1 Å². The molecule has 0 aromatic heterocycles. The maximum Gasteiger partial charge on any atom is 0.0602 e. The molecule has 3 heteroatoms. The van der Waals surface area contributed by atoms with Crippen LogP contribution in [0.4, 0.5) is 0 Å². The Hall–Kier alpha value is -0.120. The lowest BCUT2D eigenvalue weighted by Crippen LogP contribution is -2.54. The van der Waals surface area contributed by atoms with Crippen LogP contribution in [0.15, 0.2) is 0 Å². The van der Waals surface area contributed by atoms with E-state index >= 15 is 0 Å². The molecule has 0 heterocycles. The first-order valence-electron chi connectivity index (χ1n) is 6.66. The zero-order valence-corrected chi connectivity index (χ0v) is 11.0. The number of hydrogen-bond acceptors (Lipinski definition) is 3. The molecule has 1 aliphatic carbocycles. The van der Waals surface area contributed by atoms with Gasteiger partial charge in [0.25, 0.3) is 0 Å². The number of aliphatic hydroxyl groups is 1. The van der Waals surface area contributed by atoms with Crippen molar-refractivity contribution in [2.75, 3.05) is 13.7 Å². The highest BCUT2D eigenvalue weighted by atomic mass is 16.3. The summed E-state index contributed by atoms with van der Waals surface area (Å²) in [5.74, 6) is 0.420. The van der Waals surface area contributed by atoms with Crippen LogP contribution in [0.1, 0.15) is 46.0 Å². The molecule has 0 radical (unpaired) electrons. The molecule has 3 N–H and O–H groups in total. The monoisotopic (exact) mass is 228 g/mol. The van der Waals surface area contributed by atoms with E-state index in [0.717, 1.165) is 0 Å². The minimum absolute atomic E-state index is 0.0666. The second-order valence-electron chi connectivity index (χ2n) is 5.53. The van der Waals surface area contributed by atoms with Gasteiger partial charge >= 0.3 is 0 Å². The Morgan fingerprint density at radius 2 is 1.81 bits per heavy atom. The first-order chi connectivity index (χ1) is 7.57. The summed E-state index contributed by atoms with van der Waals surface area (Å²) in [5, 5.41) is 9.52. The van der Waals surface area contributed by atoms with E-state index in [4.69, 9.17) is 5.73 Å². The Labute approximate surface area is 100 Å². The fourth-order valence-corrected chi connectivity index (χ4v) is 2.73. The topological polar surface area (TPSA) is 49.5 Å². The van der Waals surface area contributed by atoms with Crippen LogP contribution >= 0.6 is 0 Å². The van der Waals surface area contributed by atoms with Crippen molar-refractivity contribution >= 4 is 0 Å². The SMILES string of the molecule is CC(C)C(N)C(CO)N(C)C1CCCCC1. The van der Waals surface area contributed by atoms with Crippen LogP contribution < -0.4 is 5.73 Å². The predicted octanol–water partition coefficient (Wildman–Crippen LogP) is 1.60. The molecule has 0 aromatic carbocycles. The third kappa shape index (κ3) is 3.44. The van der Waals surface area contributed by atoms with E-state index in [0.29, 0.717) is 12.0 Å². The highest BCUT2D eigenvalue weighted by molar-refractivity contribution is 4.86. The third-order valence-electron chi connectivity index (χ3n) is 4.07. The van der Waals surface area contributed by atoms with Crippen molar-refractivity contribution in [2.45, 2.75) is 64.1 Å². The first kappa shape index (κ1) is 13.9. The number of rotatable bonds is 5. The summed E-state index contributed by atoms with van der Waals surface area (Å²) in [4.78, 5) is 2.32. The van der Waals surface area contributed by atoms with Crippen molar-refractivity contribution in [1.29, 1.82) is 0 Å². The van der Waals surface area contributed by atoms with Crippen molar-refractivity contribution < 1.29 is 5.11 Å². The first-order valence-corrected chi connectivity index (χ1v) is 6.66. The van der Waals surface area contributed by atoms with E-state index in [2.05, 4.69) is 25.8 Å². The Morgan fingerprint density at radius 3 is 2.25 bits per heavy atom. The zero-order valence-electron chi connectivity index (χ0n) is 11.0. The van der Waals surface area contributed by atoms with Gasteiger partial charge in [0.2, 0.25) is 0 Å². The van der Waals surface area contributed by atoms with E-state index in [-0.39, 0.29) is 18.7 Å². The minimum Gasteiger partial charge on any atom is -0.395 e. The van der Waals surface area contributed by atoms with Crippen LogP contribution in [-0.4, -0.2) is 41.8 Å². The van der Waals surface area contributed by atoms with Crippen molar-refractivity contribution in [3.63, 3.8) is 0 Å². The molecule has 1 aliphatic rings. The Kier molecular flexibility index (Phi) is 5.73. The molecule has 96 valence electrons. The Morgan fingerprint density at radius 1 is 1.25 bits per heavy atom. The van der Waals surface area contributed by atoms with E-state index in [1.807, 2.05) is 0 Å². The molecule has 2 atom stereocenters. The molecular formula is C13H28N2O. The molecule has 1 rings (SSSR count). The van der Waals surface area contributed by atoms with E-state index in [9.17, 15) is 5.11 Å². The van der Waals surface area contributed by atoms with Crippen LogP contribution in [-0.2, 0) is 0 Å². The maximum absolute atomic E-state index is 9.52. The summed E-state index contributed by atoms with van der Waals surface area (Å²) in [7, 11) is 2.12. The summed E-state index contributed by atoms with van der Waals surface area (Å²) >= 11 is 0. The van der Waals surface area contributed by atoms with E-state index in [1.165, 1.54) is 32.1 Å². The molecule has 0 amide bonds. The molecule has 0 spiro atoms. The average molecular weight is 228 g/mol. The van der Waals surface area contributed by atoms with Crippen LogP contribution in [0, 0.1) is 5.92 Å². The average Bonchev–Trinajstić information content (AvgIpc) is 2.30. The highest BCUT2D eigenvalue weighted by Gasteiger charge is 2.29. The molecule has 2 unspecified atom stereocenters. The fourth-order valence-electron chi connectivity index (χ4n) is 2.73. The van der Waals surface area contributed by atoms with Gasteiger partial charge in [-0.3, -0.25) is 4.90 Å². The number of likely N-dealkylation sites (N-methyl/N-ethyl adjacent to an activating group) is 1. The second-order valence-corrected chi connectivity index (χ2v) is 5.53. The van der Waals surface area contributed by atoms with Gasteiger partial charge in [0.15, 0.2) is 0 Å². The molecule has 1 saturated carbocycles. The molecule has 16 heavy (non-hydrogen) atoms. The van der Waals surface area contributed by atoms with Gasteiger partial charge in [0.05, 0.1) is 6.61 Å². The van der Waals surface area contributed by atoms with E-state index in [1.54, 1.807) is 0 Å². The Bertz CT molecular complexity index is 190. The summed E-state index contributed by atoms with van der Waals surface area (Å²) in [6.07, 6.45) is 6.54. The largest absolute Gasteiger partial charge is 0.395 e. The quantitative estimate of drug-likeness (QED) is 0.751. The minimum atomic E-state index is 0.0666. The van der Waals surface area contributed by atoms with Crippen molar-refractivity contribution in [2.24, 2.45) is 11.7 Å². The summed E-state index contributed by atoms with van der Waals surface area (Å²) in [6.45, 7) is 4.43. The lowest BCUT2D eigenvalue weighted by atomic mass is 9.90. The van der Waals surface area contributed by atoms with E-state index < -0.39 is 0 Å². The summed E-state index contributed by atoms with van der Waals surface area (Å²) < 4.78 is 0.